The maximum Gasteiger partial charge on any atom is 0.251 e. The van der Waals surface area contributed by atoms with Crippen molar-refractivity contribution < 1.29 is 18.9 Å². The van der Waals surface area contributed by atoms with Crippen molar-refractivity contribution in [2.24, 2.45) is 5.92 Å². The van der Waals surface area contributed by atoms with Crippen LogP contribution in [-0.4, -0.2) is 59.7 Å². The second-order valence-electron chi connectivity index (χ2n) is 10.9. The summed E-state index contributed by atoms with van der Waals surface area (Å²) in [7, 11) is 0.256. The van der Waals surface area contributed by atoms with Gasteiger partial charge in [0.25, 0.3) is 11.8 Å². The molecule has 43 heavy (non-hydrogen) atoms. The molecule has 0 heterocycles. The third-order valence-electron chi connectivity index (χ3n) is 7.37. The van der Waals surface area contributed by atoms with Crippen LogP contribution in [0.5, 0.6) is 0 Å². The number of hydrogen-bond acceptors (Lipinski definition) is 5. The second kappa shape index (κ2) is 15.5. The lowest BCUT2D eigenvalue weighted by Gasteiger charge is -2.25. The van der Waals surface area contributed by atoms with Gasteiger partial charge in [0.05, 0.1) is 30.4 Å². The maximum atomic E-state index is 13.7. The van der Waals surface area contributed by atoms with Crippen LogP contribution in [0.2, 0.25) is 0 Å². The molecule has 2 amide bonds. The van der Waals surface area contributed by atoms with E-state index in [0.29, 0.717) is 24.6 Å². The normalized spacial score (nSPS) is 15.3. The van der Waals surface area contributed by atoms with Crippen LogP contribution in [0.25, 0.3) is 0 Å². The van der Waals surface area contributed by atoms with Gasteiger partial charge < -0.3 is 21.1 Å². The van der Waals surface area contributed by atoms with E-state index in [1.165, 1.54) is 16.6 Å². The predicted octanol–water partition coefficient (Wildman–Crippen LogP) is 3.61. The van der Waals surface area contributed by atoms with Gasteiger partial charge in [0, 0.05) is 36.9 Å². The van der Waals surface area contributed by atoms with E-state index in [1.54, 1.807) is 19.2 Å². The minimum absolute atomic E-state index is 0.223. The number of aliphatic hydroxyl groups excluding tert-OH is 1. The Labute approximate surface area is 256 Å². The minimum atomic E-state index is -1.38. The molecule has 0 saturated heterocycles. The van der Waals surface area contributed by atoms with Crippen LogP contribution in [0.3, 0.4) is 0 Å². The van der Waals surface area contributed by atoms with Crippen molar-refractivity contribution in [1.82, 2.24) is 16.0 Å². The van der Waals surface area contributed by atoms with Crippen LogP contribution in [0.4, 0.5) is 5.69 Å². The van der Waals surface area contributed by atoms with Crippen LogP contribution in [0.1, 0.15) is 57.7 Å². The molecule has 1 aliphatic carbocycles. The lowest BCUT2D eigenvalue weighted by Crippen LogP contribution is -2.48. The zero-order valence-electron chi connectivity index (χ0n) is 24.9. The van der Waals surface area contributed by atoms with Crippen molar-refractivity contribution in [1.29, 1.82) is 0 Å². The molecule has 3 aromatic carbocycles. The summed E-state index contributed by atoms with van der Waals surface area (Å²) < 4.78 is 13.8. The summed E-state index contributed by atoms with van der Waals surface area (Å²) in [5.74, 6) is 5.98. The van der Waals surface area contributed by atoms with Gasteiger partial charge in [0.1, 0.15) is 11.0 Å². The van der Waals surface area contributed by atoms with E-state index < -0.39 is 29.0 Å². The lowest BCUT2D eigenvalue weighted by molar-refractivity contribution is 0.0832. The first kappa shape index (κ1) is 32.0. The lowest BCUT2D eigenvalue weighted by atomic mass is 10.00. The molecule has 0 radical (unpaired) electrons. The first-order valence-electron chi connectivity index (χ1n) is 14.5. The second-order valence-corrected chi connectivity index (χ2v) is 12.3. The number of benzene rings is 3. The largest absolute Gasteiger partial charge is 0.390 e. The van der Waals surface area contributed by atoms with Crippen LogP contribution in [0, 0.1) is 17.8 Å². The molecule has 1 unspecified atom stereocenters. The zero-order chi connectivity index (χ0) is 30.8. The Morgan fingerprint density at radius 2 is 1.58 bits per heavy atom. The topological polar surface area (TPSA) is 111 Å². The summed E-state index contributed by atoms with van der Waals surface area (Å²) in [4.78, 5) is 27.0. The van der Waals surface area contributed by atoms with E-state index in [1.807, 2.05) is 67.6 Å². The molecule has 0 spiro atoms. The maximum absolute atomic E-state index is 13.7. The molecule has 4 N–H and O–H groups in total. The Hall–Kier alpha value is -3.97. The Bertz CT molecular complexity index is 1470. The molecule has 9 heteroatoms. The first-order chi connectivity index (χ1) is 20.7. The molecule has 0 aliphatic heterocycles. The molecule has 8 nitrogen and oxygen atoms in total. The molecule has 0 bridgehead atoms. The summed E-state index contributed by atoms with van der Waals surface area (Å²) in [6, 6.07) is 23.1. The van der Waals surface area contributed by atoms with E-state index in [0.717, 1.165) is 24.0 Å². The SMILES string of the molecule is C[C@@H](NC(=O)c1cc(C(=O)N[C@@H](Cc2ccccc2)[C@H](O)CNCC#CC2CC2)cc(N(C)S(C)=O)c1)c1ccccc1. The summed E-state index contributed by atoms with van der Waals surface area (Å²) in [5.41, 5.74) is 2.86. The third kappa shape index (κ3) is 9.79. The molecule has 4 atom stereocenters. The quantitative estimate of drug-likeness (QED) is 0.177. The van der Waals surface area contributed by atoms with Gasteiger partial charge in [0.15, 0.2) is 0 Å². The summed E-state index contributed by atoms with van der Waals surface area (Å²) >= 11 is 0. The average Bonchev–Trinajstić information content (AvgIpc) is 3.85. The van der Waals surface area contributed by atoms with E-state index in [-0.39, 0.29) is 29.6 Å². The Morgan fingerprint density at radius 1 is 0.977 bits per heavy atom. The highest BCUT2D eigenvalue weighted by atomic mass is 32.2. The molecule has 1 saturated carbocycles. The van der Waals surface area contributed by atoms with Gasteiger partial charge in [0.2, 0.25) is 0 Å². The molecule has 3 aromatic rings. The molecular weight excluding hydrogens is 560 g/mol. The number of hydrogen-bond donors (Lipinski definition) is 4. The van der Waals surface area contributed by atoms with Crippen molar-refractivity contribution in [3.8, 4) is 11.8 Å². The number of amides is 2. The number of anilines is 1. The van der Waals surface area contributed by atoms with Crippen molar-refractivity contribution in [3.63, 3.8) is 0 Å². The summed E-state index contributed by atoms with van der Waals surface area (Å²) in [6.07, 6.45) is 3.35. The molecule has 4 rings (SSSR count). The molecule has 226 valence electrons. The number of rotatable bonds is 13. The fourth-order valence-corrected chi connectivity index (χ4v) is 4.96. The zero-order valence-corrected chi connectivity index (χ0v) is 25.7. The van der Waals surface area contributed by atoms with Crippen LogP contribution in [0.15, 0.2) is 78.9 Å². The van der Waals surface area contributed by atoms with Gasteiger partial charge in [-0.05, 0) is 55.5 Å². The number of nitrogens with one attached hydrogen (secondary N) is 3. The molecule has 1 fully saturated rings. The summed E-state index contributed by atoms with van der Waals surface area (Å²) in [5, 5.41) is 20.3. The van der Waals surface area contributed by atoms with E-state index in [4.69, 9.17) is 0 Å². The van der Waals surface area contributed by atoms with Crippen LogP contribution < -0.4 is 20.3 Å². The van der Waals surface area contributed by atoms with Crippen molar-refractivity contribution >= 4 is 28.5 Å². The number of aliphatic hydroxyl groups is 1. The standard InChI is InChI=1S/C34H40N4O4S/c1-24(27-14-8-5-9-15-27)36-33(40)28-20-29(22-30(21-28)38(2)43(3)42)34(41)37-31(19-26-11-6-4-7-12-26)32(39)23-35-18-10-13-25-16-17-25/h4-9,11-12,14-15,20-22,24-25,31-32,35,39H,16-19,23H2,1-3H3,(H,36,40)(H,37,41)/t24-,31+,32-,43?/m1/s1. The van der Waals surface area contributed by atoms with Gasteiger partial charge in [-0.15, -0.1) is 0 Å². The summed E-state index contributed by atoms with van der Waals surface area (Å²) in [6.45, 7) is 2.60. The highest BCUT2D eigenvalue weighted by Crippen LogP contribution is 2.27. The highest BCUT2D eigenvalue weighted by molar-refractivity contribution is 7.85. The predicted molar refractivity (Wildman–Crippen MR) is 172 cm³/mol. The van der Waals surface area contributed by atoms with E-state index >= 15 is 0 Å². The fraction of sp³-hybridized carbons (Fsp3) is 0.353. The third-order valence-corrected chi connectivity index (χ3v) is 8.35. The number of carbonyl (C=O) groups excluding carboxylic acids is 2. The first-order valence-corrected chi connectivity index (χ1v) is 16.0. The fourth-order valence-electron chi connectivity index (χ4n) is 4.56. The van der Waals surface area contributed by atoms with Gasteiger partial charge in [-0.1, -0.05) is 72.5 Å². The number of nitrogens with zero attached hydrogens (tertiary/aromatic N) is 1. The van der Waals surface area contributed by atoms with Crippen molar-refractivity contribution in [3.05, 3.63) is 101 Å². The average molecular weight is 601 g/mol. The van der Waals surface area contributed by atoms with Crippen molar-refractivity contribution in [2.75, 3.05) is 30.7 Å². The smallest absolute Gasteiger partial charge is 0.251 e. The van der Waals surface area contributed by atoms with E-state index in [2.05, 4.69) is 27.8 Å². The highest BCUT2D eigenvalue weighted by Gasteiger charge is 2.24. The Kier molecular flexibility index (Phi) is 11.5. The molecular formula is C34H40N4O4S. The van der Waals surface area contributed by atoms with Crippen molar-refractivity contribution in [2.45, 2.75) is 44.4 Å². The number of carbonyl (C=O) groups is 2. The monoisotopic (exact) mass is 600 g/mol. The van der Waals surface area contributed by atoms with Gasteiger partial charge in [-0.25, -0.2) is 4.21 Å². The van der Waals surface area contributed by atoms with Gasteiger partial charge in [-0.3, -0.25) is 13.9 Å². The van der Waals surface area contributed by atoms with Gasteiger partial charge >= 0.3 is 0 Å². The molecule has 1 aliphatic rings. The van der Waals surface area contributed by atoms with Gasteiger partial charge in [-0.2, -0.15) is 0 Å². The van der Waals surface area contributed by atoms with Crippen LogP contribution in [-0.2, 0) is 17.4 Å². The van der Waals surface area contributed by atoms with Crippen LogP contribution >= 0.6 is 0 Å². The molecule has 0 aromatic heterocycles. The Morgan fingerprint density at radius 3 is 2.19 bits per heavy atom. The Balaban J connectivity index is 1.54. The van der Waals surface area contributed by atoms with E-state index in [9.17, 15) is 18.9 Å². The minimum Gasteiger partial charge on any atom is -0.390 e.